The number of rotatable bonds is 7. The number of benzene rings is 1. The fourth-order valence-electron chi connectivity index (χ4n) is 3.04. The Morgan fingerprint density at radius 2 is 2.13 bits per heavy atom. The highest BCUT2D eigenvalue weighted by Crippen LogP contribution is 2.39. The van der Waals surface area contributed by atoms with Gasteiger partial charge in [0.1, 0.15) is 17.7 Å². The van der Waals surface area contributed by atoms with Crippen molar-refractivity contribution in [3.05, 3.63) is 54.1 Å². The van der Waals surface area contributed by atoms with Crippen molar-refractivity contribution in [3.63, 3.8) is 0 Å². The smallest absolute Gasteiger partial charge is 0.233 e. The summed E-state index contributed by atoms with van der Waals surface area (Å²) in [5.41, 5.74) is 1.73. The van der Waals surface area contributed by atoms with Gasteiger partial charge in [-0.05, 0) is 24.3 Å². The Balaban J connectivity index is 1.38. The van der Waals surface area contributed by atoms with E-state index < -0.39 is 0 Å². The molecule has 0 saturated carbocycles. The summed E-state index contributed by atoms with van der Waals surface area (Å²) in [6.45, 7) is 0.305. The van der Waals surface area contributed by atoms with Crippen LogP contribution < -0.4 is 14.8 Å². The van der Waals surface area contributed by atoms with Crippen LogP contribution in [0.4, 0.5) is 4.39 Å². The standard InChI is InChI=1S/C20H18FN5O3S/c1-28-18-4-3-16(25-26-18)15-9-13(21)7-12-8-14(29-19(12)15)10-24-17(27)11-30-20-22-5-2-6-23-20/h2-7,9,14H,8,10-11H2,1H3,(H,24,27)/t14-/m0/s1. The number of hydrogen-bond acceptors (Lipinski definition) is 8. The number of nitrogens with zero attached hydrogens (tertiary/aromatic N) is 4. The predicted molar refractivity (Wildman–Crippen MR) is 108 cm³/mol. The molecule has 10 heteroatoms. The number of carbonyl (C=O) groups excluding carboxylic acids is 1. The lowest BCUT2D eigenvalue weighted by Crippen LogP contribution is -2.35. The van der Waals surface area contributed by atoms with Crippen molar-refractivity contribution in [2.24, 2.45) is 0 Å². The van der Waals surface area contributed by atoms with Crippen LogP contribution in [0.25, 0.3) is 11.3 Å². The van der Waals surface area contributed by atoms with E-state index in [0.29, 0.717) is 41.0 Å². The summed E-state index contributed by atoms with van der Waals surface area (Å²) in [4.78, 5) is 20.2. The molecule has 1 atom stereocenters. The fraction of sp³-hybridized carbons (Fsp3) is 0.250. The Bertz CT molecular complexity index is 1040. The van der Waals surface area contributed by atoms with Crippen LogP contribution in [0.5, 0.6) is 11.6 Å². The minimum absolute atomic E-state index is 0.153. The number of aromatic nitrogens is 4. The van der Waals surface area contributed by atoms with Crippen molar-refractivity contribution >= 4 is 17.7 Å². The molecule has 1 N–H and O–H groups in total. The fourth-order valence-corrected chi connectivity index (χ4v) is 3.67. The quantitative estimate of drug-likeness (QED) is 0.453. The molecule has 1 aliphatic heterocycles. The summed E-state index contributed by atoms with van der Waals surface area (Å²) in [6.07, 6.45) is 3.44. The van der Waals surface area contributed by atoms with E-state index in [2.05, 4.69) is 25.5 Å². The van der Waals surface area contributed by atoms with Gasteiger partial charge in [0.15, 0.2) is 5.16 Å². The van der Waals surface area contributed by atoms with Crippen molar-refractivity contribution in [2.75, 3.05) is 19.4 Å². The summed E-state index contributed by atoms with van der Waals surface area (Å²) in [5.74, 6) is 0.591. The number of thioether (sulfide) groups is 1. The largest absolute Gasteiger partial charge is 0.487 e. The van der Waals surface area contributed by atoms with Crippen molar-refractivity contribution in [1.29, 1.82) is 0 Å². The molecule has 8 nitrogen and oxygen atoms in total. The first-order valence-electron chi connectivity index (χ1n) is 9.16. The summed E-state index contributed by atoms with van der Waals surface area (Å²) >= 11 is 1.25. The van der Waals surface area contributed by atoms with E-state index in [1.54, 1.807) is 30.6 Å². The second kappa shape index (κ2) is 9.04. The molecule has 0 saturated heterocycles. The van der Waals surface area contributed by atoms with Crippen LogP contribution in [-0.4, -0.2) is 51.6 Å². The van der Waals surface area contributed by atoms with E-state index in [1.807, 2.05) is 0 Å². The third-order valence-electron chi connectivity index (χ3n) is 4.39. The maximum absolute atomic E-state index is 14.1. The van der Waals surface area contributed by atoms with Gasteiger partial charge in [-0.1, -0.05) is 11.8 Å². The Morgan fingerprint density at radius 3 is 2.87 bits per heavy atom. The predicted octanol–water partition coefficient (Wildman–Crippen LogP) is 2.29. The Hall–Kier alpha value is -3.27. The van der Waals surface area contributed by atoms with E-state index in [0.717, 1.165) is 5.56 Å². The van der Waals surface area contributed by atoms with Gasteiger partial charge in [-0.2, -0.15) is 0 Å². The molecule has 1 aromatic carbocycles. The first-order chi connectivity index (χ1) is 14.6. The highest BCUT2D eigenvalue weighted by atomic mass is 32.2. The second-order valence-corrected chi connectivity index (χ2v) is 7.41. The van der Waals surface area contributed by atoms with Crippen LogP contribution >= 0.6 is 11.8 Å². The second-order valence-electron chi connectivity index (χ2n) is 6.47. The zero-order chi connectivity index (χ0) is 20.9. The maximum Gasteiger partial charge on any atom is 0.233 e. The van der Waals surface area contributed by atoms with Gasteiger partial charge in [0.25, 0.3) is 0 Å². The van der Waals surface area contributed by atoms with Gasteiger partial charge in [0, 0.05) is 36.0 Å². The highest BCUT2D eigenvalue weighted by molar-refractivity contribution is 7.99. The van der Waals surface area contributed by atoms with Gasteiger partial charge in [0.05, 0.1) is 25.1 Å². The lowest BCUT2D eigenvalue weighted by molar-refractivity contribution is -0.118. The summed E-state index contributed by atoms with van der Waals surface area (Å²) in [6, 6.07) is 7.88. The monoisotopic (exact) mass is 427 g/mol. The van der Waals surface area contributed by atoms with Crippen LogP contribution in [0.15, 0.2) is 47.9 Å². The molecule has 154 valence electrons. The lowest BCUT2D eigenvalue weighted by Gasteiger charge is -2.13. The molecule has 2 aromatic heterocycles. The molecule has 0 aliphatic carbocycles. The number of amides is 1. The van der Waals surface area contributed by atoms with Gasteiger partial charge in [-0.15, -0.1) is 10.2 Å². The number of methoxy groups -OCH3 is 1. The highest BCUT2D eigenvalue weighted by Gasteiger charge is 2.28. The zero-order valence-corrected chi connectivity index (χ0v) is 16.9. The normalized spacial score (nSPS) is 14.7. The zero-order valence-electron chi connectivity index (χ0n) is 16.0. The molecule has 30 heavy (non-hydrogen) atoms. The molecule has 0 radical (unpaired) electrons. The first-order valence-corrected chi connectivity index (χ1v) is 10.1. The van der Waals surface area contributed by atoms with Crippen molar-refractivity contribution < 1.29 is 18.7 Å². The Labute approximate surface area is 176 Å². The Kier molecular flexibility index (Phi) is 6.03. The molecule has 3 aromatic rings. The molecular formula is C20H18FN5O3S. The minimum Gasteiger partial charge on any atom is -0.487 e. The van der Waals surface area contributed by atoms with Crippen LogP contribution in [0.2, 0.25) is 0 Å². The summed E-state index contributed by atoms with van der Waals surface area (Å²) in [7, 11) is 1.50. The summed E-state index contributed by atoms with van der Waals surface area (Å²) in [5, 5.41) is 11.4. The SMILES string of the molecule is COc1ccc(-c2cc(F)cc3c2O[C@H](CNC(=O)CSc2ncccn2)C3)nn1. The molecule has 3 heterocycles. The van der Waals surface area contributed by atoms with Gasteiger partial charge in [-0.25, -0.2) is 14.4 Å². The summed E-state index contributed by atoms with van der Waals surface area (Å²) < 4.78 is 25.2. The van der Waals surface area contributed by atoms with Gasteiger partial charge < -0.3 is 14.8 Å². The third kappa shape index (κ3) is 4.65. The van der Waals surface area contributed by atoms with E-state index in [-0.39, 0.29) is 23.6 Å². The molecule has 0 fully saturated rings. The average Bonchev–Trinajstić information content (AvgIpc) is 3.19. The van der Waals surface area contributed by atoms with Gasteiger partial charge in [0.2, 0.25) is 11.8 Å². The average molecular weight is 427 g/mol. The number of ether oxygens (including phenoxy) is 2. The topological polar surface area (TPSA) is 99.1 Å². The van der Waals surface area contributed by atoms with E-state index in [4.69, 9.17) is 9.47 Å². The maximum atomic E-state index is 14.1. The van der Waals surface area contributed by atoms with Gasteiger partial charge in [-0.3, -0.25) is 4.79 Å². The van der Waals surface area contributed by atoms with Gasteiger partial charge >= 0.3 is 0 Å². The van der Waals surface area contributed by atoms with E-state index in [1.165, 1.54) is 31.0 Å². The number of halogens is 1. The molecule has 0 unspecified atom stereocenters. The van der Waals surface area contributed by atoms with Crippen molar-refractivity contribution in [3.8, 4) is 22.9 Å². The van der Waals surface area contributed by atoms with Crippen molar-refractivity contribution in [1.82, 2.24) is 25.5 Å². The molecule has 1 aliphatic rings. The molecule has 0 bridgehead atoms. The number of nitrogens with one attached hydrogen (secondary N) is 1. The van der Waals surface area contributed by atoms with Crippen LogP contribution in [-0.2, 0) is 11.2 Å². The number of carbonyl (C=O) groups is 1. The molecular weight excluding hydrogens is 409 g/mol. The number of fused-ring (bicyclic) bond motifs is 1. The molecule has 4 rings (SSSR count). The minimum atomic E-state index is -0.381. The lowest BCUT2D eigenvalue weighted by atomic mass is 10.0. The van der Waals surface area contributed by atoms with Crippen LogP contribution in [0, 0.1) is 5.82 Å². The van der Waals surface area contributed by atoms with Crippen molar-refractivity contribution in [2.45, 2.75) is 17.7 Å². The van der Waals surface area contributed by atoms with E-state index >= 15 is 0 Å². The third-order valence-corrected chi connectivity index (χ3v) is 5.26. The van der Waals surface area contributed by atoms with E-state index in [9.17, 15) is 9.18 Å². The van der Waals surface area contributed by atoms with Crippen LogP contribution in [0.3, 0.4) is 0 Å². The molecule has 0 spiro atoms. The Morgan fingerprint density at radius 1 is 1.30 bits per heavy atom. The number of hydrogen-bond donors (Lipinski definition) is 1. The first kappa shape index (κ1) is 20.0. The van der Waals surface area contributed by atoms with Crippen LogP contribution in [0.1, 0.15) is 5.56 Å². The molecule has 1 amide bonds.